The summed E-state index contributed by atoms with van der Waals surface area (Å²) in [5.41, 5.74) is 3.49. The van der Waals surface area contributed by atoms with Crippen molar-refractivity contribution in [2.75, 3.05) is 25.6 Å². The summed E-state index contributed by atoms with van der Waals surface area (Å²) in [6.45, 7) is 4.42. The van der Waals surface area contributed by atoms with E-state index in [2.05, 4.69) is 11.9 Å². The van der Waals surface area contributed by atoms with Gasteiger partial charge >= 0.3 is 12.1 Å². The molecule has 2 heterocycles. The van der Waals surface area contributed by atoms with Gasteiger partial charge in [0, 0.05) is 23.2 Å². The van der Waals surface area contributed by atoms with Gasteiger partial charge in [0.25, 0.3) is 0 Å². The highest BCUT2D eigenvalue weighted by atomic mass is 35.5. The molecular formula is C24H25ClN2O4. The third-order valence-corrected chi connectivity index (χ3v) is 6.23. The average Bonchev–Trinajstić information content (AvgIpc) is 2.81. The van der Waals surface area contributed by atoms with Gasteiger partial charge in [-0.25, -0.2) is 9.59 Å². The zero-order chi connectivity index (χ0) is 22.0. The zero-order valence-electron chi connectivity index (χ0n) is 17.3. The lowest BCUT2D eigenvalue weighted by Crippen LogP contribution is -2.48. The molecule has 0 spiro atoms. The number of methoxy groups -OCH3 is 1. The number of halogens is 1. The number of rotatable bonds is 4. The molecule has 0 aliphatic carbocycles. The summed E-state index contributed by atoms with van der Waals surface area (Å²) in [6, 6.07) is 13.0. The Hall–Kier alpha value is -2.99. The number of anilines is 1. The lowest BCUT2D eigenvalue weighted by atomic mass is 9.74. The number of fused-ring (bicyclic) bond motifs is 3. The third-order valence-electron chi connectivity index (χ3n) is 6.00. The summed E-state index contributed by atoms with van der Waals surface area (Å²) in [6.07, 6.45) is 3.04. The quantitative estimate of drug-likeness (QED) is 0.511. The van der Waals surface area contributed by atoms with Crippen LogP contribution in [-0.4, -0.2) is 37.2 Å². The minimum atomic E-state index is -0.366. The molecule has 0 aromatic heterocycles. The lowest BCUT2D eigenvalue weighted by Gasteiger charge is -2.48. The lowest BCUT2D eigenvalue weighted by molar-refractivity contribution is 0.0504. The zero-order valence-corrected chi connectivity index (χ0v) is 18.1. The molecule has 0 unspecified atom stereocenters. The van der Waals surface area contributed by atoms with E-state index in [0.29, 0.717) is 17.1 Å². The van der Waals surface area contributed by atoms with E-state index in [1.807, 2.05) is 35.2 Å². The van der Waals surface area contributed by atoms with Gasteiger partial charge in [-0.1, -0.05) is 36.4 Å². The minimum Gasteiger partial charge on any atom is -0.465 e. The van der Waals surface area contributed by atoms with Gasteiger partial charge in [-0.3, -0.25) is 0 Å². The second-order valence-corrected chi connectivity index (χ2v) is 8.21. The predicted octanol–water partition coefficient (Wildman–Crippen LogP) is 5.37. The van der Waals surface area contributed by atoms with Gasteiger partial charge < -0.3 is 19.7 Å². The van der Waals surface area contributed by atoms with Crippen LogP contribution in [0, 0.1) is 5.92 Å². The molecule has 2 aliphatic heterocycles. The number of hydrogen-bond acceptors (Lipinski definition) is 5. The van der Waals surface area contributed by atoms with E-state index in [9.17, 15) is 9.59 Å². The largest absolute Gasteiger partial charge is 0.465 e. The molecule has 2 aromatic rings. The van der Waals surface area contributed by atoms with E-state index in [1.165, 1.54) is 7.11 Å². The first-order valence-electron chi connectivity index (χ1n) is 10.3. The molecule has 31 heavy (non-hydrogen) atoms. The Morgan fingerprint density at radius 2 is 2.03 bits per heavy atom. The Labute approximate surface area is 186 Å². The Balaban J connectivity index is 1.72. The topological polar surface area (TPSA) is 67.9 Å². The predicted molar refractivity (Wildman–Crippen MR) is 119 cm³/mol. The number of carbonyl (C=O) groups is 2. The highest BCUT2D eigenvalue weighted by Gasteiger charge is 2.44. The van der Waals surface area contributed by atoms with Crippen molar-refractivity contribution in [3.63, 3.8) is 0 Å². The fourth-order valence-electron chi connectivity index (χ4n) is 4.65. The molecule has 1 fully saturated rings. The first kappa shape index (κ1) is 21.2. The summed E-state index contributed by atoms with van der Waals surface area (Å²) in [5, 5.41) is 4.27. The number of hydrogen-bond donors (Lipinski definition) is 1. The van der Waals surface area contributed by atoms with Gasteiger partial charge in [0.15, 0.2) is 0 Å². The van der Waals surface area contributed by atoms with E-state index < -0.39 is 0 Å². The third kappa shape index (κ3) is 4.12. The second kappa shape index (κ2) is 9.02. The number of likely N-dealkylation sites (tertiary alicyclic amines) is 1. The van der Waals surface area contributed by atoms with E-state index in [-0.39, 0.29) is 36.7 Å². The number of ether oxygens (including phenoxy) is 2. The van der Waals surface area contributed by atoms with E-state index in [4.69, 9.17) is 21.1 Å². The number of nitrogens with one attached hydrogen (secondary N) is 1. The highest BCUT2D eigenvalue weighted by Crippen LogP contribution is 2.50. The average molecular weight is 441 g/mol. The van der Waals surface area contributed by atoms with Gasteiger partial charge in [-0.15, -0.1) is 0 Å². The number of carbonyl (C=O) groups excluding carboxylic acids is 2. The fraction of sp³-hybridized carbons (Fsp3) is 0.333. The second-order valence-electron chi connectivity index (χ2n) is 7.78. The maximum atomic E-state index is 12.9. The van der Waals surface area contributed by atoms with Gasteiger partial charge in [0.1, 0.15) is 6.61 Å². The Morgan fingerprint density at radius 3 is 2.74 bits per heavy atom. The van der Waals surface area contributed by atoms with E-state index in [1.54, 1.807) is 18.2 Å². The monoisotopic (exact) mass is 440 g/mol. The van der Waals surface area contributed by atoms with Crippen molar-refractivity contribution >= 4 is 29.4 Å². The maximum Gasteiger partial charge on any atom is 0.410 e. The first-order valence-corrected chi connectivity index (χ1v) is 10.7. The molecule has 7 heteroatoms. The van der Waals surface area contributed by atoms with Crippen molar-refractivity contribution in [1.29, 1.82) is 0 Å². The number of piperidine rings is 1. The van der Waals surface area contributed by atoms with Crippen molar-refractivity contribution in [2.24, 2.45) is 5.92 Å². The molecule has 2 aromatic carbocycles. The molecule has 0 radical (unpaired) electrons. The normalized spacial score (nSPS) is 21.9. The molecule has 4 rings (SSSR count). The van der Waals surface area contributed by atoms with Crippen molar-refractivity contribution < 1.29 is 19.1 Å². The Morgan fingerprint density at radius 1 is 1.26 bits per heavy atom. The number of amides is 1. The van der Waals surface area contributed by atoms with Crippen LogP contribution in [0.25, 0.3) is 0 Å². The summed E-state index contributed by atoms with van der Waals surface area (Å²) < 4.78 is 10.2. The molecule has 1 N–H and O–H groups in total. The fourth-order valence-corrected chi connectivity index (χ4v) is 4.83. The van der Waals surface area contributed by atoms with Gasteiger partial charge in [0.05, 0.1) is 24.8 Å². The summed E-state index contributed by atoms with van der Waals surface area (Å²) in [4.78, 5) is 26.5. The van der Waals surface area contributed by atoms with Crippen LogP contribution in [0.1, 0.15) is 46.4 Å². The molecule has 162 valence electrons. The summed E-state index contributed by atoms with van der Waals surface area (Å²) in [5.74, 6) is -0.241. The van der Waals surface area contributed by atoms with Gasteiger partial charge in [0.2, 0.25) is 0 Å². The maximum absolute atomic E-state index is 12.9. The van der Waals surface area contributed by atoms with Crippen molar-refractivity contribution in [3.05, 3.63) is 76.8 Å². The molecule has 0 bridgehead atoms. The van der Waals surface area contributed by atoms with E-state index in [0.717, 1.165) is 29.7 Å². The molecular weight excluding hydrogens is 416 g/mol. The van der Waals surface area contributed by atoms with Gasteiger partial charge in [-0.05, 0) is 54.3 Å². The van der Waals surface area contributed by atoms with Gasteiger partial charge in [-0.2, -0.15) is 0 Å². The Kier molecular flexibility index (Phi) is 6.18. The standard InChI is InChI=1S/C24H25ClN2O4/c1-3-13-31-24(29)27-12-4-5-18-21(15-6-8-16(9-7-15)23(28)30-2)26-20-11-10-17(25)14-19(20)22(18)27/h3,6-11,14,18,21-22,26H,1,4-5,12-13H2,2H3/t18-,21+,22-/m1/s1. The minimum absolute atomic E-state index is 0.0274. The van der Waals surface area contributed by atoms with Crippen LogP contribution in [-0.2, 0) is 9.47 Å². The Bertz CT molecular complexity index is 992. The molecule has 3 atom stereocenters. The van der Waals surface area contributed by atoms with Crippen LogP contribution < -0.4 is 5.32 Å². The molecule has 2 aliphatic rings. The summed E-state index contributed by atoms with van der Waals surface area (Å²) >= 11 is 6.31. The van der Waals surface area contributed by atoms with Crippen LogP contribution in [0.5, 0.6) is 0 Å². The highest BCUT2D eigenvalue weighted by molar-refractivity contribution is 6.30. The van der Waals surface area contributed by atoms with Crippen molar-refractivity contribution in [2.45, 2.75) is 24.9 Å². The SMILES string of the molecule is C=CCOC(=O)N1CCC[C@@H]2[C@H](c3ccc(C(=O)OC)cc3)Nc3ccc(Cl)cc3[C@@H]21. The van der Waals surface area contributed by atoms with Crippen LogP contribution in [0.2, 0.25) is 5.02 Å². The molecule has 6 nitrogen and oxygen atoms in total. The molecule has 1 amide bonds. The van der Waals surface area contributed by atoms with Crippen molar-refractivity contribution in [3.8, 4) is 0 Å². The number of esters is 1. The molecule has 0 saturated carbocycles. The van der Waals surface area contributed by atoms with Crippen LogP contribution in [0.3, 0.4) is 0 Å². The number of benzene rings is 2. The number of nitrogens with zero attached hydrogens (tertiary/aromatic N) is 1. The summed E-state index contributed by atoms with van der Waals surface area (Å²) in [7, 11) is 1.37. The van der Waals surface area contributed by atoms with Crippen molar-refractivity contribution in [1.82, 2.24) is 4.90 Å². The van der Waals surface area contributed by atoms with Crippen LogP contribution >= 0.6 is 11.6 Å². The molecule has 1 saturated heterocycles. The first-order chi connectivity index (χ1) is 15.0. The van der Waals surface area contributed by atoms with Crippen LogP contribution in [0.15, 0.2) is 55.1 Å². The van der Waals surface area contributed by atoms with Crippen LogP contribution in [0.4, 0.5) is 10.5 Å². The van der Waals surface area contributed by atoms with E-state index >= 15 is 0 Å². The smallest absolute Gasteiger partial charge is 0.410 e.